The number of benzene rings is 1. The minimum atomic E-state index is -4.81. The molecule has 0 aliphatic carbocycles. The van der Waals surface area contributed by atoms with E-state index in [-0.39, 0.29) is 18.5 Å². The maximum atomic E-state index is 13.3. The van der Waals surface area contributed by atoms with Crippen molar-refractivity contribution in [2.24, 2.45) is 11.5 Å². The van der Waals surface area contributed by atoms with Crippen LogP contribution in [-0.4, -0.2) is 12.9 Å². The predicted molar refractivity (Wildman–Crippen MR) is 53.7 cm³/mol. The van der Waals surface area contributed by atoms with Gasteiger partial charge >= 0.3 is 6.36 Å². The molecule has 1 rings (SSSR count). The van der Waals surface area contributed by atoms with Crippen LogP contribution in [0, 0.1) is 5.82 Å². The predicted octanol–water partition coefficient (Wildman–Crippen LogP) is 2.07. The van der Waals surface area contributed by atoms with Crippen LogP contribution < -0.4 is 16.2 Å². The molecule has 0 bridgehead atoms. The Kier molecular flexibility index (Phi) is 4.30. The highest BCUT2D eigenvalue weighted by molar-refractivity contribution is 5.32. The lowest BCUT2D eigenvalue weighted by Gasteiger charge is -2.14. The molecule has 0 aromatic heterocycles. The number of hydrogen-bond acceptors (Lipinski definition) is 3. The lowest BCUT2D eigenvalue weighted by atomic mass is 10.0. The van der Waals surface area contributed by atoms with Gasteiger partial charge in [-0.2, -0.15) is 0 Å². The topological polar surface area (TPSA) is 61.3 Å². The van der Waals surface area contributed by atoms with E-state index in [0.29, 0.717) is 0 Å². The lowest BCUT2D eigenvalue weighted by Crippen LogP contribution is -2.19. The second-order valence-corrected chi connectivity index (χ2v) is 3.41. The van der Waals surface area contributed by atoms with Crippen molar-refractivity contribution in [3.63, 3.8) is 0 Å². The van der Waals surface area contributed by atoms with Gasteiger partial charge in [0.15, 0.2) is 0 Å². The van der Waals surface area contributed by atoms with Gasteiger partial charge in [0.2, 0.25) is 0 Å². The summed E-state index contributed by atoms with van der Waals surface area (Å²) >= 11 is 0. The molecule has 0 radical (unpaired) electrons. The summed E-state index contributed by atoms with van der Waals surface area (Å²) in [4.78, 5) is 0. The highest BCUT2D eigenvalue weighted by atomic mass is 19.4. The van der Waals surface area contributed by atoms with E-state index in [9.17, 15) is 17.6 Å². The summed E-state index contributed by atoms with van der Waals surface area (Å²) in [6, 6.07) is 1.95. The Morgan fingerprint density at radius 3 is 2.47 bits per heavy atom. The maximum absolute atomic E-state index is 13.3. The summed E-state index contributed by atoms with van der Waals surface area (Å²) in [7, 11) is 0. The average Bonchev–Trinajstić information content (AvgIpc) is 2.19. The van der Waals surface area contributed by atoms with Crippen molar-refractivity contribution in [2.75, 3.05) is 6.54 Å². The van der Waals surface area contributed by atoms with Crippen molar-refractivity contribution in [3.8, 4) is 5.75 Å². The van der Waals surface area contributed by atoms with E-state index in [4.69, 9.17) is 11.5 Å². The van der Waals surface area contributed by atoms with Gasteiger partial charge in [-0.25, -0.2) is 4.39 Å². The first-order valence-electron chi connectivity index (χ1n) is 4.84. The normalized spacial score (nSPS) is 13.5. The highest BCUT2D eigenvalue weighted by Crippen LogP contribution is 2.27. The number of rotatable bonds is 4. The molecule has 7 heteroatoms. The molecule has 4 N–H and O–H groups in total. The summed E-state index contributed by atoms with van der Waals surface area (Å²) in [5.74, 6) is -1.18. The molecule has 0 heterocycles. The Labute approximate surface area is 95.3 Å². The van der Waals surface area contributed by atoms with E-state index in [0.717, 1.165) is 18.2 Å². The minimum absolute atomic E-state index is 0.0443. The molecule has 1 aromatic carbocycles. The van der Waals surface area contributed by atoms with Crippen LogP contribution >= 0.6 is 0 Å². The van der Waals surface area contributed by atoms with Crippen LogP contribution in [0.25, 0.3) is 0 Å². The fourth-order valence-corrected chi connectivity index (χ4v) is 1.34. The van der Waals surface area contributed by atoms with Crippen LogP contribution in [-0.2, 0) is 0 Å². The summed E-state index contributed by atoms with van der Waals surface area (Å²) < 4.78 is 52.9. The molecule has 0 aliphatic rings. The molecule has 17 heavy (non-hydrogen) atoms. The number of nitrogens with two attached hydrogens (primary N) is 2. The first-order valence-corrected chi connectivity index (χ1v) is 4.84. The van der Waals surface area contributed by atoms with E-state index in [2.05, 4.69) is 4.74 Å². The average molecular weight is 252 g/mol. The summed E-state index contributed by atoms with van der Waals surface area (Å²) in [5, 5.41) is 0. The van der Waals surface area contributed by atoms with Gasteiger partial charge in [0, 0.05) is 11.6 Å². The second-order valence-electron chi connectivity index (χ2n) is 3.41. The number of halogens is 4. The van der Waals surface area contributed by atoms with E-state index in [1.807, 2.05) is 0 Å². The van der Waals surface area contributed by atoms with Crippen LogP contribution in [0.2, 0.25) is 0 Å². The van der Waals surface area contributed by atoms with E-state index >= 15 is 0 Å². The Hall–Kier alpha value is -1.34. The van der Waals surface area contributed by atoms with Crippen LogP contribution in [0.1, 0.15) is 18.0 Å². The van der Waals surface area contributed by atoms with Gasteiger partial charge in [0.1, 0.15) is 11.6 Å². The Balaban J connectivity index is 2.94. The molecule has 1 atom stereocenters. The monoisotopic (exact) mass is 252 g/mol. The van der Waals surface area contributed by atoms with Gasteiger partial charge in [0.05, 0.1) is 0 Å². The molecule has 3 nitrogen and oxygen atoms in total. The van der Waals surface area contributed by atoms with Gasteiger partial charge in [-0.15, -0.1) is 13.2 Å². The van der Waals surface area contributed by atoms with Crippen LogP contribution in [0.15, 0.2) is 18.2 Å². The van der Waals surface area contributed by atoms with Crippen LogP contribution in [0.5, 0.6) is 5.75 Å². The molecule has 0 saturated carbocycles. The van der Waals surface area contributed by atoms with Crippen molar-refractivity contribution in [1.29, 1.82) is 0 Å². The second kappa shape index (κ2) is 5.33. The molecular formula is C10H12F4N2O. The van der Waals surface area contributed by atoms with Crippen LogP contribution in [0.3, 0.4) is 0 Å². The van der Waals surface area contributed by atoms with Gasteiger partial charge in [0.25, 0.3) is 0 Å². The highest BCUT2D eigenvalue weighted by Gasteiger charge is 2.31. The Morgan fingerprint density at radius 2 is 1.94 bits per heavy atom. The van der Waals surface area contributed by atoms with E-state index < -0.39 is 24.0 Å². The van der Waals surface area contributed by atoms with Crippen molar-refractivity contribution in [3.05, 3.63) is 29.6 Å². The fourth-order valence-electron chi connectivity index (χ4n) is 1.34. The Morgan fingerprint density at radius 1 is 1.29 bits per heavy atom. The molecule has 96 valence electrons. The summed E-state index contributed by atoms with van der Waals surface area (Å²) in [6.07, 6.45) is -4.54. The first-order chi connectivity index (χ1) is 7.83. The third-order valence-electron chi connectivity index (χ3n) is 2.08. The quantitative estimate of drug-likeness (QED) is 0.806. The zero-order chi connectivity index (χ0) is 13.1. The van der Waals surface area contributed by atoms with Gasteiger partial charge in [-0.05, 0) is 31.2 Å². The lowest BCUT2D eigenvalue weighted by molar-refractivity contribution is -0.274. The fraction of sp³-hybridized carbons (Fsp3) is 0.400. The largest absolute Gasteiger partial charge is 0.573 e. The van der Waals surface area contributed by atoms with Crippen molar-refractivity contribution in [2.45, 2.75) is 18.8 Å². The van der Waals surface area contributed by atoms with Crippen molar-refractivity contribution < 1.29 is 22.3 Å². The maximum Gasteiger partial charge on any atom is 0.573 e. The molecule has 0 unspecified atom stereocenters. The van der Waals surface area contributed by atoms with Crippen LogP contribution in [0.4, 0.5) is 17.6 Å². The smallest absolute Gasteiger partial charge is 0.406 e. The van der Waals surface area contributed by atoms with E-state index in [1.165, 1.54) is 0 Å². The standard InChI is InChI=1S/C10H12F4N2O/c11-8-2-1-6(17-10(12,13)14)5-7(8)9(16)3-4-15/h1-2,5,9H,3-4,15-16H2/t9-/m0/s1. The van der Waals surface area contributed by atoms with Gasteiger partial charge < -0.3 is 16.2 Å². The first kappa shape index (κ1) is 13.7. The van der Waals surface area contributed by atoms with Gasteiger partial charge in [-0.1, -0.05) is 0 Å². The summed E-state index contributed by atoms with van der Waals surface area (Å²) in [6.45, 7) is 0.213. The SMILES string of the molecule is NCC[C@H](N)c1cc(OC(F)(F)F)ccc1F. The van der Waals surface area contributed by atoms with E-state index in [1.54, 1.807) is 0 Å². The zero-order valence-electron chi connectivity index (χ0n) is 8.80. The van der Waals surface area contributed by atoms with Crippen molar-refractivity contribution in [1.82, 2.24) is 0 Å². The van der Waals surface area contributed by atoms with Crippen molar-refractivity contribution >= 4 is 0 Å². The molecular weight excluding hydrogens is 240 g/mol. The number of hydrogen-bond donors (Lipinski definition) is 2. The molecule has 0 saturated heterocycles. The minimum Gasteiger partial charge on any atom is -0.406 e. The summed E-state index contributed by atoms with van der Waals surface area (Å²) in [5.41, 5.74) is 10.8. The van der Waals surface area contributed by atoms with Gasteiger partial charge in [-0.3, -0.25) is 0 Å². The zero-order valence-corrected chi connectivity index (χ0v) is 8.80. The molecule has 0 aliphatic heterocycles. The molecule has 0 spiro atoms. The molecule has 0 amide bonds. The third kappa shape index (κ3) is 4.20. The number of ether oxygens (including phenoxy) is 1. The molecule has 0 fully saturated rings. The number of alkyl halides is 3. The third-order valence-corrected chi connectivity index (χ3v) is 2.08. The molecule has 1 aromatic rings. The Bertz CT molecular complexity index is 381.